The predicted molar refractivity (Wildman–Crippen MR) is 73.6 cm³/mol. The SMILES string of the molecule is CC(C)C(CNC(=O)[C@@H](N)C(C)(C)C)C(C)C. The molecule has 0 aliphatic rings. The molecule has 0 unspecified atom stereocenters. The van der Waals surface area contributed by atoms with Gasteiger partial charge in [-0.3, -0.25) is 4.79 Å². The van der Waals surface area contributed by atoms with Crippen molar-refractivity contribution in [2.24, 2.45) is 28.9 Å². The van der Waals surface area contributed by atoms with Crippen LogP contribution in [0.25, 0.3) is 0 Å². The third kappa shape index (κ3) is 5.53. The Balaban J connectivity index is 4.32. The largest absolute Gasteiger partial charge is 0.354 e. The summed E-state index contributed by atoms with van der Waals surface area (Å²) < 4.78 is 0. The van der Waals surface area contributed by atoms with Crippen molar-refractivity contribution in [1.82, 2.24) is 5.32 Å². The fourth-order valence-electron chi connectivity index (χ4n) is 1.96. The Bertz CT molecular complexity index is 233. The molecule has 0 aliphatic carbocycles. The molecule has 0 rings (SSSR count). The fraction of sp³-hybridized carbons (Fsp3) is 0.929. The van der Waals surface area contributed by atoms with E-state index in [-0.39, 0.29) is 11.3 Å². The summed E-state index contributed by atoms with van der Waals surface area (Å²) >= 11 is 0. The Labute approximate surface area is 107 Å². The molecule has 0 aromatic carbocycles. The lowest BCUT2D eigenvalue weighted by Gasteiger charge is -2.29. The lowest BCUT2D eigenvalue weighted by Crippen LogP contribution is -2.50. The molecule has 0 saturated heterocycles. The Morgan fingerprint density at radius 1 is 1.12 bits per heavy atom. The summed E-state index contributed by atoms with van der Waals surface area (Å²) in [6.45, 7) is 15.5. The summed E-state index contributed by atoms with van der Waals surface area (Å²) in [5.74, 6) is 1.61. The van der Waals surface area contributed by atoms with Gasteiger partial charge in [-0.1, -0.05) is 48.5 Å². The molecule has 3 heteroatoms. The van der Waals surface area contributed by atoms with Crippen LogP contribution in [0.4, 0.5) is 0 Å². The van der Waals surface area contributed by atoms with Gasteiger partial charge >= 0.3 is 0 Å². The molecule has 3 N–H and O–H groups in total. The van der Waals surface area contributed by atoms with E-state index in [9.17, 15) is 4.79 Å². The average molecular weight is 242 g/mol. The quantitative estimate of drug-likeness (QED) is 0.778. The van der Waals surface area contributed by atoms with Gasteiger partial charge in [-0.15, -0.1) is 0 Å². The van der Waals surface area contributed by atoms with Gasteiger partial charge in [-0.2, -0.15) is 0 Å². The first-order valence-electron chi connectivity index (χ1n) is 6.60. The third-order valence-corrected chi connectivity index (χ3v) is 3.44. The minimum atomic E-state index is -0.442. The van der Waals surface area contributed by atoms with Gasteiger partial charge < -0.3 is 11.1 Å². The van der Waals surface area contributed by atoms with Crippen LogP contribution in [0.2, 0.25) is 0 Å². The summed E-state index contributed by atoms with van der Waals surface area (Å²) in [7, 11) is 0. The number of amides is 1. The van der Waals surface area contributed by atoms with Gasteiger partial charge in [0.05, 0.1) is 6.04 Å². The van der Waals surface area contributed by atoms with Gasteiger partial charge in [0.15, 0.2) is 0 Å². The van der Waals surface area contributed by atoms with Crippen LogP contribution in [0.5, 0.6) is 0 Å². The first-order chi connectivity index (χ1) is 7.57. The van der Waals surface area contributed by atoms with Crippen molar-refractivity contribution in [1.29, 1.82) is 0 Å². The van der Waals surface area contributed by atoms with Crippen molar-refractivity contribution in [2.45, 2.75) is 54.5 Å². The highest BCUT2D eigenvalue weighted by atomic mass is 16.2. The molecule has 0 bridgehead atoms. The highest BCUT2D eigenvalue weighted by Crippen LogP contribution is 2.20. The maximum Gasteiger partial charge on any atom is 0.237 e. The monoisotopic (exact) mass is 242 g/mol. The van der Waals surface area contributed by atoms with Crippen molar-refractivity contribution < 1.29 is 4.79 Å². The highest BCUT2D eigenvalue weighted by Gasteiger charge is 2.28. The Morgan fingerprint density at radius 2 is 1.53 bits per heavy atom. The van der Waals surface area contributed by atoms with E-state index in [0.29, 0.717) is 17.8 Å². The summed E-state index contributed by atoms with van der Waals surface area (Å²) in [4.78, 5) is 11.9. The van der Waals surface area contributed by atoms with E-state index in [1.807, 2.05) is 20.8 Å². The standard InChI is InChI=1S/C14H30N2O/c1-9(2)11(10(3)4)8-16-13(17)12(15)14(5,6)7/h9-12H,8,15H2,1-7H3,(H,16,17)/t12-/m1/s1. The molecule has 0 aromatic rings. The molecule has 0 fully saturated rings. The molecule has 0 spiro atoms. The average Bonchev–Trinajstić information content (AvgIpc) is 2.13. The van der Waals surface area contributed by atoms with Gasteiger partial charge in [0.2, 0.25) is 5.91 Å². The van der Waals surface area contributed by atoms with E-state index >= 15 is 0 Å². The van der Waals surface area contributed by atoms with Crippen LogP contribution in [0.15, 0.2) is 0 Å². The van der Waals surface area contributed by atoms with Crippen molar-refractivity contribution in [2.75, 3.05) is 6.54 Å². The maximum atomic E-state index is 11.9. The molecule has 17 heavy (non-hydrogen) atoms. The van der Waals surface area contributed by atoms with Gasteiger partial charge in [-0.05, 0) is 23.2 Å². The van der Waals surface area contributed by atoms with Gasteiger partial charge in [0.1, 0.15) is 0 Å². The van der Waals surface area contributed by atoms with E-state index in [0.717, 1.165) is 6.54 Å². The molecule has 0 saturated carbocycles. The van der Waals surface area contributed by atoms with Crippen molar-refractivity contribution in [3.8, 4) is 0 Å². The number of nitrogens with two attached hydrogens (primary N) is 1. The third-order valence-electron chi connectivity index (χ3n) is 3.44. The molecule has 0 aliphatic heterocycles. The second-order valence-corrected chi connectivity index (χ2v) is 6.74. The second kappa shape index (κ2) is 6.39. The molecule has 0 aromatic heterocycles. The smallest absolute Gasteiger partial charge is 0.237 e. The molecule has 1 amide bonds. The number of nitrogens with one attached hydrogen (secondary N) is 1. The molecular formula is C14H30N2O. The van der Waals surface area contributed by atoms with Crippen LogP contribution in [0.1, 0.15) is 48.5 Å². The van der Waals surface area contributed by atoms with Crippen LogP contribution >= 0.6 is 0 Å². The normalized spacial score (nSPS) is 14.5. The first kappa shape index (κ1) is 16.4. The van der Waals surface area contributed by atoms with Crippen LogP contribution in [0.3, 0.4) is 0 Å². The van der Waals surface area contributed by atoms with E-state index in [4.69, 9.17) is 5.73 Å². The Morgan fingerprint density at radius 3 is 1.82 bits per heavy atom. The lowest BCUT2D eigenvalue weighted by atomic mass is 9.84. The lowest BCUT2D eigenvalue weighted by molar-refractivity contribution is -0.124. The minimum absolute atomic E-state index is 0.0381. The molecule has 102 valence electrons. The molecule has 1 atom stereocenters. The van der Waals surface area contributed by atoms with E-state index in [1.165, 1.54) is 0 Å². The summed E-state index contributed by atoms with van der Waals surface area (Å²) in [6, 6.07) is -0.442. The summed E-state index contributed by atoms with van der Waals surface area (Å²) in [5.41, 5.74) is 5.74. The van der Waals surface area contributed by atoms with E-state index in [1.54, 1.807) is 0 Å². The topological polar surface area (TPSA) is 55.1 Å². The maximum absolute atomic E-state index is 11.9. The zero-order valence-electron chi connectivity index (χ0n) is 12.5. The van der Waals surface area contributed by atoms with Crippen LogP contribution in [0, 0.1) is 23.2 Å². The van der Waals surface area contributed by atoms with Gasteiger partial charge in [0.25, 0.3) is 0 Å². The summed E-state index contributed by atoms with van der Waals surface area (Å²) in [6.07, 6.45) is 0. The summed E-state index contributed by atoms with van der Waals surface area (Å²) in [5, 5.41) is 2.99. The van der Waals surface area contributed by atoms with Gasteiger partial charge in [-0.25, -0.2) is 0 Å². The number of rotatable bonds is 5. The molecule has 3 nitrogen and oxygen atoms in total. The van der Waals surface area contributed by atoms with Crippen molar-refractivity contribution in [3.63, 3.8) is 0 Å². The van der Waals surface area contributed by atoms with Gasteiger partial charge in [0, 0.05) is 6.54 Å². The van der Waals surface area contributed by atoms with Crippen LogP contribution in [-0.2, 0) is 4.79 Å². The number of carbonyl (C=O) groups excluding carboxylic acids is 1. The number of hydrogen-bond donors (Lipinski definition) is 2. The number of carbonyl (C=O) groups is 1. The Kier molecular flexibility index (Phi) is 6.17. The zero-order chi connectivity index (χ0) is 13.8. The Hall–Kier alpha value is -0.570. The van der Waals surface area contributed by atoms with Crippen LogP contribution in [-0.4, -0.2) is 18.5 Å². The van der Waals surface area contributed by atoms with E-state index in [2.05, 4.69) is 33.0 Å². The predicted octanol–water partition coefficient (Wildman–Crippen LogP) is 2.40. The molecule has 0 radical (unpaired) electrons. The first-order valence-corrected chi connectivity index (χ1v) is 6.60. The van der Waals surface area contributed by atoms with Crippen LogP contribution < -0.4 is 11.1 Å². The van der Waals surface area contributed by atoms with Crippen molar-refractivity contribution in [3.05, 3.63) is 0 Å². The zero-order valence-corrected chi connectivity index (χ0v) is 12.5. The molecule has 0 heterocycles. The highest BCUT2D eigenvalue weighted by molar-refractivity contribution is 5.82. The second-order valence-electron chi connectivity index (χ2n) is 6.74. The molecular weight excluding hydrogens is 212 g/mol. The van der Waals surface area contributed by atoms with E-state index < -0.39 is 6.04 Å². The van der Waals surface area contributed by atoms with Crippen molar-refractivity contribution >= 4 is 5.91 Å². The number of hydrogen-bond acceptors (Lipinski definition) is 2. The fourth-order valence-corrected chi connectivity index (χ4v) is 1.96. The minimum Gasteiger partial charge on any atom is -0.354 e.